The summed E-state index contributed by atoms with van der Waals surface area (Å²) in [5.41, 5.74) is 1.48. The van der Waals surface area contributed by atoms with Gasteiger partial charge in [-0.2, -0.15) is 10.1 Å². The van der Waals surface area contributed by atoms with Crippen molar-refractivity contribution < 1.29 is 9.53 Å². The van der Waals surface area contributed by atoms with Gasteiger partial charge in [-0.05, 0) is 31.2 Å². The van der Waals surface area contributed by atoms with Gasteiger partial charge in [-0.25, -0.2) is 14.3 Å². The number of H-pyrrole nitrogens is 1. The number of ether oxygens (including phenoxy) is 1. The zero-order valence-electron chi connectivity index (χ0n) is 13.2. The molecule has 0 aromatic carbocycles. The van der Waals surface area contributed by atoms with Crippen molar-refractivity contribution in [2.24, 2.45) is 0 Å². The fraction of sp³-hybridized carbons (Fsp3) is 0.438. The van der Waals surface area contributed by atoms with Gasteiger partial charge in [0.1, 0.15) is 5.69 Å². The van der Waals surface area contributed by atoms with E-state index in [1.165, 1.54) is 6.42 Å². The van der Waals surface area contributed by atoms with Crippen LogP contribution in [-0.2, 0) is 11.2 Å². The number of aromatic nitrogens is 6. The number of nitrogens with one attached hydrogen (secondary N) is 1. The highest BCUT2D eigenvalue weighted by Gasteiger charge is 2.26. The first-order valence-corrected chi connectivity index (χ1v) is 8.18. The van der Waals surface area contributed by atoms with Crippen LogP contribution in [0.25, 0.3) is 5.78 Å². The minimum absolute atomic E-state index is 0.324. The minimum Gasteiger partial charge on any atom is -0.461 e. The van der Waals surface area contributed by atoms with Crippen LogP contribution in [0.15, 0.2) is 24.7 Å². The Morgan fingerprint density at radius 2 is 2.33 bits per heavy atom. The highest BCUT2D eigenvalue weighted by atomic mass is 16.5. The Morgan fingerprint density at radius 3 is 3.12 bits per heavy atom. The van der Waals surface area contributed by atoms with Crippen LogP contribution in [0.1, 0.15) is 53.5 Å². The Bertz CT molecular complexity index is 818. The van der Waals surface area contributed by atoms with Gasteiger partial charge >= 0.3 is 5.97 Å². The largest absolute Gasteiger partial charge is 0.461 e. The van der Waals surface area contributed by atoms with E-state index in [2.05, 4.69) is 25.3 Å². The monoisotopic (exact) mass is 326 g/mol. The topological polar surface area (TPSA) is 98.1 Å². The van der Waals surface area contributed by atoms with Crippen LogP contribution in [0.2, 0.25) is 0 Å². The first-order valence-electron chi connectivity index (χ1n) is 8.18. The Kier molecular flexibility index (Phi) is 3.94. The molecule has 8 nitrogen and oxygen atoms in total. The zero-order chi connectivity index (χ0) is 16.4. The molecule has 3 heterocycles. The molecule has 1 N–H and O–H groups in total. The molecule has 3 aromatic heterocycles. The molecule has 0 aliphatic heterocycles. The maximum absolute atomic E-state index is 12.2. The van der Waals surface area contributed by atoms with Crippen molar-refractivity contribution in [3.63, 3.8) is 0 Å². The number of aryl methyl sites for hydroxylation is 1. The Hall–Kier alpha value is -2.77. The van der Waals surface area contributed by atoms with E-state index in [1.54, 1.807) is 29.2 Å². The molecule has 124 valence electrons. The summed E-state index contributed by atoms with van der Waals surface area (Å²) >= 11 is 0. The van der Waals surface area contributed by atoms with Gasteiger partial charge in [0, 0.05) is 24.4 Å². The number of esters is 1. The number of rotatable bonds is 6. The molecule has 1 aliphatic carbocycles. The molecule has 1 saturated carbocycles. The number of aromatic amines is 1. The Morgan fingerprint density at radius 1 is 1.42 bits per heavy atom. The average molecular weight is 326 g/mol. The van der Waals surface area contributed by atoms with Crippen molar-refractivity contribution >= 4 is 11.7 Å². The molecule has 0 radical (unpaired) electrons. The lowest BCUT2D eigenvalue weighted by atomic mass is 9.80. The molecule has 1 fully saturated rings. The van der Waals surface area contributed by atoms with Gasteiger partial charge in [0.15, 0.2) is 5.82 Å². The molecule has 3 aromatic rings. The second-order valence-electron chi connectivity index (χ2n) is 5.96. The van der Waals surface area contributed by atoms with Crippen LogP contribution >= 0.6 is 0 Å². The van der Waals surface area contributed by atoms with Crippen molar-refractivity contribution in [3.05, 3.63) is 41.7 Å². The van der Waals surface area contributed by atoms with E-state index < -0.39 is 0 Å². The van der Waals surface area contributed by atoms with E-state index >= 15 is 0 Å². The van der Waals surface area contributed by atoms with Gasteiger partial charge in [-0.1, -0.05) is 6.42 Å². The van der Waals surface area contributed by atoms with Gasteiger partial charge < -0.3 is 4.74 Å². The molecular weight excluding hydrogens is 308 g/mol. The maximum Gasteiger partial charge on any atom is 0.356 e. The fourth-order valence-electron chi connectivity index (χ4n) is 2.84. The van der Waals surface area contributed by atoms with Crippen LogP contribution in [0.5, 0.6) is 0 Å². The van der Waals surface area contributed by atoms with E-state index in [9.17, 15) is 4.79 Å². The predicted octanol–water partition coefficient (Wildman–Crippen LogP) is 1.90. The number of hydrogen-bond donors (Lipinski definition) is 1. The average Bonchev–Trinajstić information content (AvgIpc) is 3.16. The van der Waals surface area contributed by atoms with E-state index in [1.807, 2.05) is 0 Å². The van der Waals surface area contributed by atoms with Gasteiger partial charge in [0.25, 0.3) is 5.78 Å². The smallest absolute Gasteiger partial charge is 0.356 e. The van der Waals surface area contributed by atoms with Crippen molar-refractivity contribution in [3.8, 4) is 0 Å². The Labute approximate surface area is 138 Å². The molecular formula is C16H18N6O2. The third-order valence-electron chi connectivity index (χ3n) is 4.36. The molecule has 0 atom stereocenters. The second-order valence-corrected chi connectivity index (χ2v) is 5.96. The molecule has 8 heteroatoms. The predicted molar refractivity (Wildman–Crippen MR) is 84.6 cm³/mol. The van der Waals surface area contributed by atoms with Crippen LogP contribution in [-0.4, -0.2) is 42.4 Å². The van der Waals surface area contributed by atoms with Crippen molar-refractivity contribution in [2.75, 3.05) is 6.61 Å². The zero-order valence-corrected chi connectivity index (χ0v) is 13.2. The molecule has 0 bridgehead atoms. The molecule has 0 amide bonds. The number of fused-ring (bicyclic) bond motifs is 1. The summed E-state index contributed by atoms with van der Waals surface area (Å²) in [6.45, 7) is 0.324. The summed E-state index contributed by atoms with van der Waals surface area (Å²) in [5.74, 6) is 1.38. The van der Waals surface area contributed by atoms with Gasteiger partial charge in [0.2, 0.25) is 0 Å². The van der Waals surface area contributed by atoms with Crippen LogP contribution in [0, 0.1) is 0 Å². The highest BCUT2D eigenvalue weighted by molar-refractivity contribution is 5.89. The summed E-state index contributed by atoms with van der Waals surface area (Å²) in [4.78, 5) is 20.6. The third kappa shape index (κ3) is 2.86. The quantitative estimate of drug-likeness (QED) is 0.549. The lowest BCUT2D eigenvalue weighted by Gasteiger charge is -2.24. The normalized spacial score (nSPS) is 14.7. The Balaban J connectivity index is 1.29. The van der Waals surface area contributed by atoms with Crippen LogP contribution in [0.4, 0.5) is 0 Å². The minimum atomic E-state index is -0.334. The van der Waals surface area contributed by atoms with Crippen molar-refractivity contribution in [1.82, 2.24) is 29.8 Å². The third-order valence-corrected chi connectivity index (χ3v) is 4.36. The summed E-state index contributed by atoms with van der Waals surface area (Å²) in [6.07, 6.45) is 9.98. The number of hydrogen-bond acceptors (Lipinski definition) is 6. The molecule has 0 unspecified atom stereocenters. The van der Waals surface area contributed by atoms with Gasteiger partial charge in [-0.15, -0.1) is 5.10 Å². The lowest BCUT2D eigenvalue weighted by Crippen LogP contribution is -2.15. The summed E-state index contributed by atoms with van der Waals surface area (Å²) < 4.78 is 6.99. The number of nitrogens with zero attached hydrogens (tertiary/aromatic N) is 5. The molecule has 0 spiro atoms. The maximum atomic E-state index is 12.2. The lowest BCUT2D eigenvalue weighted by molar-refractivity contribution is 0.0490. The van der Waals surface area contributed by atoms with E-state index in [0.717, 1.165) is 18.4 Å². The summed E-state index contributed by atoms with van der Waals surface area (Å²) in [6, 6.07) is 1.80. The van der Waals surface area contributed by atoms with E-state index in [0.29, 0.717) is 42.7 Å². The van der Waals surface area contributed by atoms with Gasteiger partial charge in [-0.3, -0.25) is 5.10 Å². The highest BCUT2D eigenvalue weighted by Crippen LogP contribution is 2.37. The van der Waals surface area contributed by atoms with Crippen molar-refractivity contribution in [2.45, 2.75) is 38.0 Å². The van der Waals surface area contributed by atoms with Gasteiger partial charge in [0.05, 0.1) is 12.8 Å². The molecule has 0 saturated heterocycles. The first kappa shape index (κ1) is 14.8. The number of carbonyl (C=O) groups is 1. The molecule has 4 rings (SSSR count). The summed E-state index contributed by atoms with van der Waals surface area (Å²) in [5, 5.41) is 11.1. The summed E-state index contributed by atoms with van der Waals surface area (Å²) in [7, 11) is 0. The van der Waals surface area contributed by atoms with Crippen LogP contribution < -0.4 is 0 Å². The molecule has 24 heavy (non-hydrogen) atoms. The van der Waals surface area contributed by atoms with Crippen LogP contribution in [0.3, 0.4) is 0 Å². The standard InChI is InChI=1S/C16H18N6O2/c23-15(14-12(10-18-20-14)11-4-1-5-11)24-9-2-6-13-19-16-17-7-3-8-22(16)21-13/h3,7-8,10-11H,1-2,4-6,9H2,(H,18,20). The van der Waals surface area contributed by atoms with E-state index in [4.69, 9.17) is 4.74 Å². The SMILES string of the molecule is O=C(OCCCc1nc2ncccn2n1)c1[nH]ncc1C1CCC1. The fourth-order valence-corrected chi connectivity index (χ4v) is 2.84. The number of carbonyl (C=O) groups excluding carboxylic acids is 1. The van der Waals surface area contributed by atoms with E-state index in [-0.39, 0.29) is 5.97 Å². The first-order chi connectivity index (χ1) is 11.8. The second kappa shape index (κ2) is 6.38. The van der Waals surface area contributed by atoms with Crippen molar-refractivity contribution in [1.29, 1.82) is 0 Å². The molecule has 1 aliphatic rings.